The number of rotatable bonds is 4. The number of halogens is 1. The van der Waals surface area contributed by atoms with Crippen molar-refractivity contribution in [1.29, 1.82) is 5.26 Å². The first-order chi connectivity index (χ1) is 11.0. The molecule has 0 heterocycles. The molecular weight excluding hydrogens is 403 g/mol. The minimum absolute atomic E-state index is 0.0367. The quantitative estimate of drug-likeness (QED) is 0.461. The lowest BCUT2D eigenvalue weighted by Gasteiger charge is -2.06. The van der Waals surface area contributed by atoms with Crippen molar-refractivity contribution >= 4 is 40.3 Å². The van der Waals surface area contributed by atoms with Gasteiger partial charge < -0.3 is 10.1 Å². The molecule has 0 fully saturated rings. The zero-order valence-electron chi connectivity index (χ0n) is 12.8. The Morgan fingerprint density at radius 2 is 1.96 bits per heavy atom. The molecule has 4 nitrogen and oxygen atoms in total. The Morgan fingerprint density at radius 1 is 1.26 bits per heavy atom. The summed E-state index contributed by atoms with van der Waals surface area (Å²) < 4.78 is 6.16. The van der Waals surface area contributed by atoms with Crippen LogP contribution in [0, 0.1) is 21.8 Å². The van der Waals surface area contributed by atoms with Crippen molar-refractivity contribution in [2.45, 2.75) is 6.92 Å². The number of ether oxygens (including phenoxy) is 1. The maximum Gasteiger partial charge on any atom is 0.266 e. The van der Waals surface area contributed by atoms with Crippen LogP contribution in [-0.4, -0.2) is 13.0 Å². The van der Waals surface area contributed by atoms with Crippen LogP contribution < -0.4 is 10.1 Å². The molecule has 0 aromatic heterocycles. The third-order valence-corrected chi connectivity index (χ3v) is 3.74. The Kier molecular flexibility index (Phi) is 5.77. The van der Waals surface area contributed by atoms with Crippen LogP contribution in [0.1, 0.15) is 11.1 Å². The molecule has 2 aromatic carbocycles. The number of hydrogen-bond donors (Lipinski definition) is 1. The highest BCUT2D eigenvalue weighted by molar-refractivity contribution is 14.1. The van der Waals surface area contributed by atoms with E-state index in [1.54, 1.807) is 31.4 Å². The average molecular weight is 418 g/mol. The van der Waals surface area contributed by atoms with Crippen molar-refractivity contribution in [3.63, 3.8) is 0 Å². The van der Waals surface area contributed by atoms with Gasteiger partial charge in [-0.2, -0.15) is 5.26 Å². The average Bonchev–Trinajstić information content (AvgIpc) is 2.54. The normalized spacial score (nSPS) is 10.8. The molecule has 2 aromatic rings. The van der Waals surface area contributed by atoms with E-state index in [9.17, 15) is 10.1 Å². The highest BCUT2D eigenvalue weighted by Gasteiger charge is 2.10. The van der Waals surface area contributed by atoms with Gasteiger partial charge in [-0.25, -0.2) is 0 Å². The molecule has 23 heavy (non-hydrogen) atoms. The molecule has 0 aliphatic rings. The number of aryl methyl sites for hydroxylation is 1. The maximum absolute atomic E-state index is 12.2. The second kappa shape index (κ2) is 7.79. The number of carbonyl (C=O) groups excluding carboxylic acids is 1. The smallest absolute Gasteiger partial charge is 0.266 e. The number of carbonyl (C=O) groups is 1. The third-order valence-electron chi connectivity index (χ3n) is 3.11. The number of amides is 1. The number of methoxy groups -OCH3 is 1. The minimum Gasteiger partial charge on any atom is -0.497 e. The number of hydrogen-bond acceptors (Lipinski definition) is 3. The molecule has 1 amide bonds. The van der Waals surface area contributed by atoms with Gasteiger partial charge in [0.1, 0.15) is 17.4 Å². The lowest BCUT2D eigenvalue weighted by Crippen LogP contribution is -2.13. The zero-order valence-corrected chi connectivity index (χ0v) is 14.9. The van der Waals surface area contributed by atoms with Crippen molar-refractivity contribution in [3.05, 3.63) is 62.7 Å². The molecule has 0 aliphatic heterocycles. The van der Waals surface area contributed by atoms with Gasteiger partial charge in [0.25, 0.3) is 5.91 Å². The van der Waals surface area contributed by atoms with Crippen LogP contribution in [0.2, 0.25) is 0 Å². The fourth-order valence-electron chi connectivity index (χ4n) is 1.94. The SMILES string of the molecule is COc1cc(I)cc(/C=C(\C#N)C(=O)Nc2ccc(C)cc2)c1. The van der Waals surface area contributed by atoms with Crippen LogP contribution in [0.4, 0.5) is 5.69 Å². The zero-order chi connectivity index (χ0) is 16.8. The van der Waals surface area contributed by atoms with Crippen molar-refractivity contribution in [2.24, 2.45) is 0 Å². The lowest BCUT2D eigenvalue weighted by atomic mass is 10.1. The molecule has 2 rings (SSSR count). The monoisotopic (exact) mass is 418 g/mol. The summed E-state index contributed by atoms with van der Waals surface area (Å²) in [4.78, 5) is 12.2. The summed E-state index contributed by atoms with van der Waals surface area (Å²) >= 11 is 2.16. The van der Waals surface area contributed by atoms with E-state index in [0.717, 1.165) is 14.7 Å². The second-order valence-corrected chi connectivity index (χ2v) is 6.16. The van der Waals surface area contributed by atoms with E-state index in [1.807, 2.05) is 37.3 Å². The second-order valence-electron chi connectivity index (χ2n) is 4.91. The van der Waals surface area contributed by atoms with E-state index < -0.39 is 5.91 Å². The summed E-state index contributed by atoms with van der Waals surface area (Å²) in [6.07, 6.45) is 1.55. The van der Waals surface area contributed by atoms with Gasteiger partial charge in [0.15, 0.2) is 0 Å². The van der Waals surface area contributed by atoms with Crippen LogP contribution in [0.15, 0.2) is 48.0 Å². The predicted octanol–water partition coefficient (Wildman–Crippen LogP) is 4.15. The summed E-state index contributed by atoms with van der Waals surface area (Å²) in [6.45, 7) is 1.97. The van der Waals surface area contributed by atoms with E-state index in [1.165, 1.54) is 0 Å². The number of nitrogens with zero attached hydrogens (tertiary/aromatic N) is 1. The summed E-state index contributed by atoms with van der Waals surface area (Å²) in [5, 5.41) is 12.0. The molecule has 0 bridgehead atoms. The van der Waals surface area contributed by atoms with E-state index in [0.29, 0.717) is 11.4 Å². The van der Waals surface area contributed by atoms with Crippen molar-refractivity contribution in [2.75, 3.05) is 12.4 Å². The highest BCUT2D eigenvalue weighted by Crippen LogP contribution is 2.21. The molecule has 0 unspecified atom stereocenters. The third kappa shape index (κ3) is 4.83. The fourth-order valence-corrected chi connectivity index (χ4v) is 2.60. The molecule has 0 aliphatic carbocycles. The predicted molar refractivity (Wildman–Crippen MR) is 99.1 cm³/mol. The van der Waals surface area contributed by atoms with Gasteiger partial charge in [-0.05, 0) is 71.5 Å². The molecule has 116 valence electrons. The Bertz CT molecular complexity index is 790. The standard InChI is InChI=1S/C18H15IN2O2/c1-12-3-5-16(6-4-12)21-18(22)14(11-20)7-13-8-15(19)10-17(9-13)23-2/h3-10H,1-2H3,(H,21,22)/b14-7+. The maximum atomic E-state index is 12.2. The highest BCUT2D eigenvalue weighted by atomic mass is 127. The van der Waals surface area contributed by atoms with Gasteiger partial charge in [0, 0.05) is 9.26 Å². The van der Waals surface area contributed by atoms with E-state index in [-0.39, 0.29) is 5.57 Å². The van der Waals surface area contributed by atoms with E-state index in [4.69, 9.17) is 4.74 Å². The molecule has 0 saturated heterocycles. The Morgan fingerprint density at radius 3 is 2.57 bits per heavy atom. The van der Waals surface area contributed by atoms with Crippen LogP contribution in [0.3, 0.4) is 0 Å². The Labute approximate surface area is 148 Å². The number of nitriles is 1. The Hall–Kier alpha value is -2.33. The number of benzene rings is 2. The molecule has 0 radical (unpaired) electrons. The van der Waals surface area contributed by atoms with Gasteiger partial charge in [0.05, 0.1) is 7.11 Å². The van der Waals surface area contributed by atoms with Crippen molar-refractivity contribution in [1.82, 2.24) is 0 Å². The molecule has 0 atom stereocenters. The molecule has 0 saturated carbocycles. The summed E-state index contributed by atoms with van der Waals surface area (Å²) in [7, 11) is 1.58. The van der Waals surface area contributed by atoms with Gasteiger partial charge in [0.2, 0.25) is 0 Å². The largest absolute Gasteiger partial charge is 0.497 e. The minimum atomic E-state index is -0.436. The fraction of sp³-hybridized carbons (Fsp3) is 0.111. The first-order valence-electron chi connectivity index (χ1n) is 6.86. The lowest BCUT2D eigenvalue weighted by molar-refractivity contribution is -0.112. The summed E-state index contributed by atoms with van der Waals surface area (Å²) in [5.41, 5.74) is 2.53. The Balaban J connectivity index is 2.24. The molecule has 1 N–H and O–H groups in total. The first-order valence-corrected chi connectivity index (χ1v) is 7.94. The number of nitrogens with one attached hydrogen (secondary N) is 1. The molecule has 0 spiro atoms. The summed E-state index contributed by atoms with van der Waals surface area (Å²) in [5.74, 6) is 0.244. The van der Waals surface area contributed by atoms with Gasteiger partial charge in [-0.15, -0.1) is 0 Å². The van der Waals surface area contributed by atoms with E-state index in [2.05, 4.69) is 27.9 Å². The van der Waals surface area contributed by atoms with Crippen LogP contribution >= 0.6 is 22.6 Å². The molecular formula is C18H15IN2O2. The summed E-state index contributed by atoms with van der Waals surface area (Å²) in [6, 6.07) is 14.9. The van der Waals surface area contributed by atoms with Gasteiger partial charge in [-0.3, -0.25) is 4.79 Å². The van der Waals surface area contributed by atoms with Gasteiger partial charge in [-0.1, -0.05) is 17.7 Å². The number of anilines is 1. The van der Waals surface area contributed by atoms with Crippen LogP contribution in [0.25, 0.3) is 6.08 Å². The van der Waals surface area contributed by atoms with Crippen molar-refractivity contribution in [3.8, 4) is 11.8 Å². The van der Waals surface area contributed by atoms with Gasteiger partial charge >= 0.3 is 0 Å². The van der Waals surface area contributed by atoms with Crippen LogP contribution in [-0.2, 0) is 4.79 Å². The first kappa shape index (κ1) is 17.0. The topological polar surface area (TPSA) is 62.1 Å². The molecule has 5 heteroatoms. The van der Waals surface area contributed by atoms with Crippen molar-refractivity contribution < 1.29 is 9.53 Å². The van der Waals surface area contributed by atoms with E-state index >= 15 is 0 Å². The van der Waals surface area contributed by atoms with Crippen LogP contribution in [0.5, 0.6) is 5.75 Å².